The Balaban J connectivity index is 2.46. The summed E-state index contributed by atoms with van der Waals surface area (Å²) in [5.74, 6) is 5.70. The molecular weight excluding hydrogens is 298 g/mol. The van der Waals surface area contributed by atoms with E-state index in [1.807, 2.05) is 12.3 Å². The van der Waals surface area contributed by atoms with Gasteiger partial charge >= 0.3 is 0 Å². The Morgan fingerprint density at radius 1 is 1.47 bits per heavy atom. The summed E-state index contributed by atoms with van der Waals surface area (Å²) in [6.07, 6.45) is 4.65. The summed E-state index contributed by atoms with van der Waals surface area (Å²) in [6.45, 7) is 2.12. The van der Waals surface area contributed by atoms with Crippen molar-refractivity contribution in [2.75, 3.05) is 0 Å². The molecule has 2 rings (SSSR count). The molecule has 0 aliphatic carbocycles. The second-order valence-corrected chi connectivity index (χ2v) is 5.30. The predicted octanol–water partition coefficient (Wildman–Crippen LogP) is 3.02. The average Bonchev–Trinajstić information content (AvgIpc) is 2.78. The quantitative estimate of drug-likeness (QED) is 0.674. The normalized spacial score (nSPS) is 12.6. The summed E-state index contributed by atoms with van der Waals surface area (Å²) in [7, 11) is 0. The fourth-order valence-electron chi connectivity index (χ4n) is 1.86. The van der Waals surface area contributed by atoms with Crippen LogP contribution >= 0.6 is 27.3 Å². The maximum Gasteiger partial charge on any atom is 0.0732 e. The molecule has 1 atom stereocenters. The molecule has 0 spiro atoms. The van der Waals surface area contributed by atoms with Crippen molar-refractivity contribution in [2.24, 2.45) is 5.84 Å². The van der Waals surface area contributed by atoms with E-state index in [2.05, 4.69) is 44.0 Å². The van der Waals surface area contributed by atoms with Gasteiger partial charge in [-0.3, -0.25) is 10.8 Å². The summed E-state index contributed by atoms with van der Waals surface area (Å²) >= 11 is 5.21. The molecule has 0 bridgehead atoms. The van der Waals surface area contributed by atoms with Crippen LogP contribution in [0.1, 0.15) is 29.7 Å². The number of rotatable bonds is 4. The molecule has 0 saturated heterocycles. The molecular formula is C12H14BrN3S. The van der Waals surface area contributed by atoms with E-state index in [4.69, 9.17) is 5.84 Å². The largest absolute Gasteiger partial charge is 0.271 e. The van der Waals surface area contributed by atoms with Crippen LogP contribution in [0, 0.1) is 0 Å². The maximum absolute atomic E-state index is 5.70. The van der Waals surface area contributed by atoms with Crippen LogP contribution in [0.4, 0.5) is 0 Å². The molecule has 0 fully saturated rings. The van der Waals surface area contributed by atoms with Gasteiger partial charge in [0.1, 0.15) is 0 Å². The zero-order chi connectivity index (χ0) is 12.3. The smallest absolute Gasteiger partial charge is 0.0732 e. The van der Waals surface area contributed by atoms with Crippen molar-refractivity contribution in [1.29, 1.82) is 0 Å². The Bertz CT molecular complexity index is 498. The molecule has 2 heterocycles. The van der Waals surface area contributed by atoms with Crippen LogP contribution in [-0.4, -0.2) is 4.98 Å². The Hall–Kier alpha value is -0.750. The topological polar surface area (TPSA) is 50.9 Å². The highest BCUT2D eigenvalue weighted by atomic mass is 79.9. The lowest BCUT2D eigenvalue weighted by Crippen LogP contribution is -2.29. The number of hydrogen-bond acceptors (Lipinski definition) is 4. The number of nitrogens with one attached hydrogen (secondary N) is 1. The van der Waals surface area contributed by atoms with E-state index < -0.39 is 0 Å². The molecule has 90 valence electrons. The molecule has 3 nitrogen and oxygen atoms in total. The van der Waals surface area contributed by atoms with Crippen LogP contribution < -0.4 is 11.3 Å². The first-order valence-electron chi connectivity index (χ1n) is 5.38. The van der Waals surface area contributed by atoms with Crippen LogP contribution in [0.5, 0.6) is 0 Å². The Morgan fingerprint density at radius 3 is 2.88 bits per heavy atom. The molecule has 1 unspecified atom stereocenters. The van der Waals surface area contributed by atoms with Crippen LogP contribution in [0.25, 0.3) is 0 Å². The lowest BCUT2D eigenvalue weighted by atomic mass is 9.97. The van der Waals surface area contributed by atoms with Gasteiger partial charge in [-0.1, -0.05) is 6.92 Å². The zero-order valence-corrected chi connectivity index (χ0v) is 11.9. The van der Waals surface area contributed by atoms with E-state index in [0.29, 0.717) is 0 Å². The third-order valence-corrected chi connectivity index (χ3v) is 4.50. The zero-order valence-electron chi connectivity index (χ0n) is 9.48. The first kappa shape index (κ1) is 12.7. The molecule has 5 heteroatoms. The van der Waals surface area contributed by atoms with E-state index in [-0.39, 0.29) is 6.04 Å². The molecule has 2 aromatic rings. The van der Waals surface area contributed by atoms with Crippen molar-refractivity contribution >= 4 is 27.3 Å². The number of hydrogen-bond donors (Lipinski definition) is 2. The second-order valence-electron chi connectivity index (χ2n) is 3.70. The highest BCUT2D eigenvalue weighted by Gasteiger charge is 2.18. The minimum Gasteiger partial charge on any atom is -0.271 e. The van der Waals surface area contributed by atoms with Crippen molar-refractivity contribution in [2.45, 2.75) is 19.4 Å². The molecule has 0 aliphatic rings. The van der Waals surface area contributed by atoms with E-state index >= 15 is 0 Å². The summed E-state index contributed by atoms with van der Waals surface area (Å²) in [4.78, 5) is 4.16. The molecule has 2 aromatic heterocycles. The van der Waals surface area contributed by atoms with Crippen LogP contribution in [0.15, 0.2) is 33.7 Å². The van der Waals surface area contributed by atoms with Gasteiger partial charge in [-0.2, -0.15) is 11.3 Å². The molecule has 0 saturated carbocycles. The van der Waals surface area contributed by atoms with E-state index in [0.717, 1.165) is 10.9 Å². The Labute approximate surface area is 113 Å². The van der Waals surface area contributed by atoms with Gasteiger partial charge in [-0.15, -0.1) is 0 Å². The van der Waals surface area contributed by atoms with Crippen LogP contribution in [-0.2, 0) is 6.42 Å². The number of aryl methyl sites for hydroxylation is 1. The number of thiophene rings is 1. The SMILES string of the molecule is CCc1cnccc1C(NN)c1cscc1Br. The Morgan fingerprint density at radius 2 is 2.29 bits per heavy atom. The molecule has 0 aromatic carbocycles. The lowest BCUT2D eigenvalue weighted by Gasteiger charge is -2.18. The maximum atomic E-state index is 5.70. The van der Waals surface area contributed by atoms with Gasteiger partial charge in [0.05, 0.1) is 6.04 Å². The van der Waals surface area contributed by atoms with E-state index in [1.54, 1.807) is 17.5 Å². The average molecular weight is 312 g/mol. The number of pyridine rings is 1. The van der Waals surface area contributed by atoms with Crippen LogP contribution in [0.3, 0.4) is 0 Å². The first-order valence-corrected chi connectivity index (χ1v) is 7.12. The van der Waals surface area contributed by atoms with Gasteiger partial charge in [0.2, 0.25) is 0 Å². The standard InChI is InChI=1S/C12H14BrN3S/c1-2-8-5-15-4-3-9(8)12(16-14)10-6-17-7-11(10)13/h3-7,12,16H,2,14H2,1H3. The summed E-state index contributed by atoms with van der Waals surface area (Å²) in [5.41, 5.74) is 6.45. The van der Waals surface area contributed by atoms with Crippen LogP contribution in [0.2, 0.25) is 0 Å². The summed E-state index contributed by atoms with van der Waals surface area (Å²) in [6, 6.07) is 2.03. The minimum absolute atomic E-state index is 0.00794. The van der Waals surface area contributed by atoms with E-state index in [1.165, 1.54) is 16.7 Å². The fraction of sp³-hybridized carbons (Fsp3) is 0.250. The number of hydrazine groups is 1. The Kier molecular flexibility index (Phi) is 4.28. The molecule has 0 aliphatic heterocycles. The van der Waals surface area contributed by atoms with Gasteiger partial charge in [-0.05, 0) is 50.5 Å². The molecule has 3 N–H and O–H groups in total. The van der Waals surface area contributed by atoms with Gasteiger partial charge in [-0.25, -0.2) is 5.43 Å². The first-order chi connectivity index (χ1) is 8.27. The number of nitrogens with zero attached hydrogens (tertiary/aromatic N) is 1. The number of nitrogens with two attached hydrogens (primary N) is 1. The van der Waals surface area contributed by atoms with Crippen molar-refractivity contribution in [3.8, 4) is 0 Å². The molecule has 0 amide bonds. The van der Waals surface area contributed by atoms with E-state index in [9.17, 15) is 0 Å². The number of halogens is 1. The van der Waals surface area contributed by atoms with Crippen molar-refractivity contribution < 1.29 is 0 Å². The van der Waals surface area contributed by atoms with Gasteiger partial charge in [0.15, 0.2) is 0 Å². The van der Waals surface area contributed by atoms with Gasteiger partial charge in [0.25, 0.3) is 0 Å². The predicted molar refractivity (Wildman–Crippen MR) is 74.8 cm³/mol. The van der Waals surface area contributed by atoms with Crippen molar-refractivity contribution in [1.82, 2.24) is 10.4 Å². The minimum atomic E-state index is 0.00794. The van der Waals surface area contributed by atoms with Gasteiger partial charge in [0, 0.05) is 22.2 Å². The summed E-state index contributed by atoms with van der Waals surface area (Å²) < 4.78 is 1.09. The lowest BCUT2D eigenvalue weighted by molar-refractivity contribution is 0.630. The fourth-order valence-corrected chi connectivity index (χ4v) is 3.41. The third kappa shape index (κ3) is 2.57. The highest BCUT2D eigenvalue weighted by Crippen LogP contribution is 2.32. The van der Waals surface area contributed by atoms with Crippen molar-refractivity contribution in [3.05, 3.63) is 50.4 Å². The monoisotopic (exact) mass is 311 g/mol. The number of aromatic nitrogens is 1. The molecule has 0 radical (unpaired) electrons. The summed E-state index contributed by atoms with van der Waals surface area (Å²) in [5, 5.41) is 4.17. The third-order valence-electron chi connectivity index (χ3n) is 2.75. The van der Waals surface area contributed by atoms with Crippen molar-refractivity contribution in [3.63, 3.8) is 0 Å². The van der Waals surface area contributed by atoms with Gasteiger partial charge < -0.3 is 0 Å². The highest BCUT2D eigenvalue weighted by molar-refractivity contribution is 9.10. The molecule has 17 heavy (non-hydrogen) atoms. The second kappa shape index (κ2) is 5.73.